The highest BCUT2D eigenvalue weighted by molar-refractivity contribution is 7.99. The van der Waals surface area contributed by atoms with Gasteiger partial charge < -0.3 is 10.1 Å². The molecule has 1 rings (SSSR count). The van der Waals surface area contributed by atoms with Crippen LogP contribution in [0.4, 0.5) is 0 Å². The van der Waals surface area contributed by atoms with Crippen molar-refractivity contribution in [2.24, 2.45) is 0 Å². The topological polar surface area (TPSA) is 51.2 Å². The number of ether oxygens (including phenoxy) is 1. The number of pyridine rings is 1. The van der Waals surface area contributed by atoms with Crippen LogP contribution >= 0.6 is 11.8 Å². The quantitative estimate of drug-likeness (QED) is 0.578. The molecule has 0 aliphatic heterocycles. The van der Waals surface area contributed by atoms with Crippen LogP contribution in [0.2, 0.25) is 0 Å². The maximum absolute atomic E-state index is 11.8. The zero-order valence-electron chi connectivity index (χ0n) is 10.9. The van der Waals surface area contributed by atoms with Crippen LogP contribution in [-0.4, -0.2) is 35.9 Å². The van der Waals surface area contributed by atoms with Crippen LogP contribution in [0.25, 0.3) is 0 Å². The van der Waals surface area contributed by atoms with Gasteiger partial charge in [-0.3, -0.25) is 9.78 Å². The third-order valence-corrected chi connectivity index (χ3v) is 3.38. The standard InChI is InChI=1S/C13H20N2O2S/c1-3-7-15-12(13(16)17-4-2)10-18-11-5-8-14-9-6-11/h5-6,8-9,12,15H,3-4,7,10H2,1-2H3. The molecule has 0 radical (unpaired) electrons. The number of nitrogens with one attached hydrogen (secondary N) is 1. The van der Waals surface area contributed by atoms with Gasteiger partial charge in [-0.25, -0.2) is 0 Å². The smallest absolute Gasteiger partial charge is 0.323 e. The zero-order valence-corrected chi connectivity index (χ0v) is 11.7. The van der Waals surface area contributed by atoms with Gasteiger partial charge in [-0.05, 0) is 32.0 Å². The predicted molar refractivity (Wildman–Crippen MR) is 73.7 cm³/mol. The fourth-order valence-electron chi connectivity index (χ4n) is 1.39. The molecule has 0 aliphatic rings. The van der Waals surface area contributed by atoms with Crippen molar-refractivity contribution in [1.82, 2.24) is 10.3 Å². The minimum Gasteiger partial charge on any atom is -0.465 e. The minimum absolute atomic E-state index is 0.174. The molecule has 0 saturated heterocycles. The van der Waals surface area contributed by atoms with Crippen LogP contribution in [0.1, 0.15) is 20.3 Å². The second-order valence-electron chi connectivity index (χ2n) is 3.75. The minimum atomic E-state index is -0.247. The molecular formula is C13H20N2O2S. The molecular weight excluding hydrogens is 248 g/mol. The molecule has 5 heteroatoms. The number of esters is 1. The van der Waals surface area contributed by atoms with E-state index < -0.39 is 0 Å². The Balaban J connectivity index is 2.47. The summed E-state index contributed by atoms with van der Waals surface area (Å²) in [5.74, 6) is 0.496. The van der Waals surface area contributed by atoms with Crippen molar-refractivity contribution in [1.29, 1.82) is 0 Å². The second-order valence-corrected chi connectivity index (χ2v) is 4.85. The monoisotopic (exact) mass is 268 g/mol. The SMILES string of the molecule is CCCNC(CSc1ccncc1)C(=O)OCC. The third kappa shape index (κ3) is 5.51. The van der Waals surface area contributed by atoms with Crippen molar-refractivity contribution >= 4 is 17.7 Å². The fourth-order valence-corrected chi connectivity index (χ4v) is 2.31. The molecule has 0 amide bonds. The number of rotatable bonds is 8. The summed E-state index contributed by atoms with van der Waals surface area (Å²) in [5, 5.41) is 3.21. The molecule has 0 spiro atoms. The molecule has 1 aromatic heterocycles. The molecule has 1 heterocycles. The van der Waals surface area contributed by atoms with Gasteiger partial charge in [0.25, 0.3) is 0 Å². The van der Waals surface area contributed by atoms with Gasteiger partial charge in [-0.2, -0.15) is 0 Å². The van der Waals surface area contributed by atoms with E-state index in [9.17, 15) is 4.79 Å². The van der Waals surface area contributed by atoms with Crippen LogP contribution in [-0.2, 0) is 9.53 Å². The Morgan fingerprint density at radius 3 is 2.78 bits per heavy atom. The summed E-state index contributed by atoms with van der Waals surface area (Å²) in [6.07, 6.45) is 4.50. The van der Waals surface area contributed by atoms with E-state index in [2.05, 4.69) is 17.2 Å². The molecule has 0 saturated carbocycles. The summed E-state index contributed by atoms with van der Waals surface area (Å²) >= 11 is 1.63. The molecule has 1 aromatic rings. The molecule has 4 nitrogen and oxygen atoms in total. The lowest BCUT2D eigenvalue weighted by Crippen LogP contribution is -2.40. The number of hydrogen-bond acceptors (Lipinski definition) is 5. The van der Waals surface area contributed by atoms with Crippen LogP contribution in [0.5, 0.6) is 0 Å². The van der Waals surface area contributed by atoms with E-state index in [4.69, 9.17) is 4.74 Å². The molecule has 1 unspecified atom stereocenters. The summed E-state index contributed by atoms with van der Waals surface area (Å²) < 4.78 is 5.06. The van der Waals surface area contributed by atoms with Crippen molar-refractivity contribution in [3.63, 3.8) is 0 Å². The third-order valence-electron chi connectivity index (χ3n) is 2.28. The van der Waals surface area contributed by atoms with Crippen LogP contribution in [0.15, 0.2) is 29.4 Å². The van der Waals surface area contributed by atoms with Gasteiger partial charge in [0, 0.05) is 23.0 Å². The molecule has 100 valence electrons. The molecule has 0 aromatic carbocycles. The summed E-state index contributed by atoms with van der Waals surface area (Å²) in [5.41, 5.74) is 0. The highest BCUT2D eigenvalue weighted by Gasteiger charge is 2.18. The largest absolute Gasteiger partial charge is 0.465 e. The first-order chi connectivity index (χ1) is 8.77. The number of nitrogens with zero attached hydrogens (tertiary/aromatic N) is 1. The van der Waals surface area contributed by atoms with Gasteiger partial charge >= 0.3 is 5.97 Å². The van der Waals surface area contributed by atoms with Crippen molar-refractivity contribution in [2.75, 3.05) is 18.9 Å². The van der Waals surface area contributed by atoms with Gasteiger partial charge in [0.2, 0.25) is 0 Å². The average Bonchev–Trinajstić information content (AvgIpc) is 2.40. The van der Waals surface area contributed by atoms with Crippen molar-refractivity contribution in [2.45, 2.75) is 31.2 Å². The summed E-state index contributed by atoms with van der Waals surface area (Å²) in [6, 6.07) is 3.63. The maximum Gasteiger partial charge on any atom is 0.323 e. The number of thioether (sulfide) groups is 1. The Hall–Kier alpha value is -1.07. The Labute approximate surface area is 113 Å². The zero-order chi connectivity index (χ0) is 13.2. The van der Waals surface area contributed by atoms with Crippen LogP contribution in [0, 0.1) is 0 Å². The molecule has 18 heavy (non-hydrogen) atoms. The Morgan fingerprint density at radius 1 is 1.44 bits per heavy atom. The Morgan fingerprint density at radius 2 is 2.17 bits per heavy atom. The van der Waals surface area contributed by atoms with Gasteiger partial charge in [0.1, 0.15) is 6.04 Å². The number of carbonyl (C=O) groups is 1. The fraction of sp³-hybridized carbons (Fsp3) is 0.538. The lowest BCUT2D eigenvalue weighted by atomic mass is 10.3. The van der Waals surface area contributed by atoms with Crippen LogP contribution < -0.4 is 5.32 Å². The number of carbonyl (C=O) groups excluding carboxylic acids is 1. The maximum atomic E-state index is 11.8. The van der Waals surface area contributed by atoms with Crippen LogP contribution in [0.3, 0.4) is 0 Å². The first-order valence-corrected chi connectivity index (χ1v) is 7.19. The summed E-state index contributed by atoms with van der Waals surface area (Å²) in [7, 11) is 0. The highest BCUT2D eigenvalue weighted by Crippen LogP contribution is 2.17. The molecule has 0 fully saturated rings. The van der Waals surface area contributed by atoms with Gasteiger partial charge in [0.15, 0.2) is 0 Å². The molecule has 0 aliphatic carbocycles. The predicted octanol–water partition coefficient (Wildman–Crippen LogP) is 2.10. The second kappa shape index (κ2) is 8.94. The van der Waals surface area contributed by atoms with E-state index in [1.165, 1.54) is 0 Å². The van der Waals surface area contributed by atoms with Crippen molar-refractivity contribution < 1.29 is 9.53 Å². The molecule has 1 atom stereocenters. The van der Waals surface area contributed by atoms with Crippen molar-refractivity contribution in [3.05, 3.63) is 24.5 Å². The van der Waals surface area contributed by atoms with E-state index in [1.54, 1.807) is 24.2 Å². The first-order valence-electron chi connectivity index (χ1n) is 6.20. The summed E-state index contributed by atoms with van der Waals surface area (Å²) in [4.78, 5) is 16.8. The molecule has 1 N–H and O–H groups in total. The highest BCUT2D eigenvalue weighted by atomic mass is 32.2. The van der Waals surface area contributed by atoms with Gasteiger partial charge in [-0.1, -0.05) is 6.92 Å². The lowest BCUT2D eigenvalue weighted by molar-refractivity contribution is -0.144. The van der Waals surface area contributed by atoms with E-state index in [1.807, 2.05) is 19.1 Å². The van der Waals surface area contributed by atoms with Gasteiger partial charge in [-0.15, -0.1) is 11.8 Å². The van der Waals surface area contributed by atoms with Crippen molar-refractivity contribution in [3.8, 4) is 0 Å². The number of aromatic nitrogens is 1. The Kier molecular flexibility index (Phi) is 7.44. The van der Waals surface area contributed by atoms with E-state index >= 15 is 0 Å². The lowest BCUT2D eigenvalue weighted by Gasteiger charge is -2.16. The van der Waals surface area contributed by atoms with E-state index in [0.717, 1.165) is 17.9 Å². The van der Waals surface area contributed by atoms with Gasteiger partial charge in [0.05, 0.1) is 6.61 Å². The normalized spacial score (nSPS) is 12.1. The summed E-state index contributed by atoms with van der Waals surface area (Å²) in [6.45, 7) is 5.14. The average molecular weight is 268 g/mol. The van der Waals surface area contributed by atoms with E-state index in [-0.39, 0.29) is 12.0 Å². The molecule has 0 bridgehead atoms. The Bertz CT molecular complexity index is 346. The first kappa shape index (κ1) is 15.0. The van der Waals surface area contributed by atoms with E-state index in [0.29, 0.717) is 12.4 Å². The number of hydrogen-bond donors (Lipinski definition) is 1.